The Kier molecular flexibility index (Phi) is 6.55. The molecule has 0 aliphatic heterocycles. The van der Waals surface area contributed by atoms with Gasteiger partial charge in [0.05, 0.1) is 0 Å². The molecule has 0 saturated heterocycles. The van der Waals surface area contributed by atoms with E-state index in [0.717, 1.165) is 29.7 Å². The van der Waals surface area contributed by atoms with E-state index in [1.54, 1.807) is 12.1 Å². The fourth-order valence-electron chi connectivity index (χ4n) is 2.36. The number of nitriles is 1. The van der Waals surface area contributed by atoms with Crippen molar-refractivity contribution in [3.8, 4) is 6.07 Å². The van der Waals surface area contributed by atoms with Gasteiger partial charge >= 0.3 is 0 Å². The van der Waals surface area contributed by atoms with Crippen LogP contribution in [0.3, 0.4) is 0 Å². The Morgan fingerprint density at radius 3 is 2.52 bits per heavy atom. The molecule has 1 heterocycles. The number of rotatable bonds is 6. The van der Waals surface area contributed by atoms with Gasteiger partial charge in [-0.2, -0.15) is 5.26 Å². The third-order valence-corrected chi connectivity index (χ3v) is 3.92. The number of carbonyl (C=O) groups excluding carboxylic acids is 1. The average Bonchev–Trinajstić information content (AvgIpc) is 2.62. The lowest BCUT2D eigenvalue weighted by atomic mass is 10.0. The van der Waals surface area contributed by atoms with Gasteiger partial charge in [0.15, 0.2) is 0 Å². The first kappa shape index (κ1) is 18.5. The normalized spacial score (nSPS) is 10.9. The molecule has 0 aliphatic carbocycles. The Labute approximate surface area is 152 Å². The second-order valence-corrected chi connectivity index (χ2v) is 5.72. The lowest BCUT2D eigenvalue weighted by molar-refractivity contribution is -0.112. The highest BCUT2D eigenvalue weighted by Gasteiger charge is 2.14. The summed E-state index contributed by atoms with van der Waals surface area (Å²) < 4.78 is 0. The number of carbonyl (C=O) groups is 1. The van der Waals surface area contributed by atoms with Crippen LogP contribution in [0.2, 0.25) is 5.02 Å². The van der Waals surface area contributed by atoms with Crippen molar-refractivity contribution in [3.63, 3.8) is 0 Å². The van der Waals surface area contributed by atoms with E-state index in [2.05, 4.69) is 15.6 Å². The van der Waals surface area contributed by atoms with Gasteiger partial charge in [-0.3, -0.25) is 4.79 Å². The van der Waals surface area contributed by atoms with Crippen molar-refractivity contribution in [1.82, 2.24) is 4.98 Å². The van der Waals surface area contributed by atoms with Crippen LogP contribution in [0.25, 0.3) is 0 Å². The SMILES string of the molecule is CCc1cccc(CC)c1NC(=O)/C(C#N)=C\Nc1cc(Cl)ccn1. The van der Waals surface area contributed by atoms with Gasteiger partial charge in [0.25, 0.3) is 5.91 Å². The summed E-state index contributed by atoms with van der Waals surface area (Å²) in [4.78, 5) is 16.5. The summed E-state index contributed by atoms with van der Waals surface area (Å²) in [6.45, 7) is 4.05. The second-order valence-electron chi connectivity index (χ2n) is 5.29. The molecule has 0 fully saturated rings. The molecule has 0 saturated carbocycles. The summed E-state index contributed by atoms with van der Waals surface area (Å²) >= 11 is 5.89. The van der Waals surface area contributed by atoms with Crippen molar-refractivity contribution in [2.75, 3.05) is 10.6 Å². The van der Waals surface area contributed by atoms with Gasteiger partial charge in [-0.1, -0.05) is 43.6 Å². The molecule has 1 amide bonds. The van der Waals surface area contributed by atoms with Gasteiger partial charge in [-0.15, -0.1) is 0 Å². The van der Waals surface area contributed by atoms with Gasteiger partial charge in [0.1, 0.15) is 17.5 Å². The average molecular weight is 355 g/mol. The van der Waals surface area contributed by atoms with Gasteiger partial charge in [-0.05, 0) is 36.1 Å². The van der Waals surface area contributed by atoms with Crippen molar-refractivity contribution >= 4 is 29.0 Å². The number of nitrogens with one attached hydrogen (secondary N) is 2. The molecule has 25 heavy (non-hydrogen) atoms. The number of para-hydroxylation sites is 1. The first-order valence-corrected chi connectivity index (χ1v) is 8.37. The molecule has 5 nitrogen and oxygen atoms in total. The molecule has 0 spiro atoms. The fourth-order valence-corrected chi connectivity index (χ4v) is 2.52. The number of nitrogens with zero attached hydrogens (tertiary/aromatic N) is 2. The van der Waals surface area contributed by atoms with Crippen LogP contribution in [0, 0.1) is 11.3 Å². The summed E-state index contributed by atoms with van der Waals surface area (Å²) in [7, 11) is 0. The molecule has 0 aliphatic rings. The van der Waals surface area contributed by atoms with E-state index >= 15 is 0 Å². The molecule has 0 bridgehead atoms. The van der Waals surface area contributed by atoms with Crippen LogP contribution < -0.4 is 10.6 Å². The summed E-state index contributed by atoms with van der Waals surface area (Å²) in [5, 5.41) is 15.5. The fraction of sp³-hybridized carbons (Fsp3) is 0.211. The second kappa shape index (κ2) is 8.86. The zero-order valence-corrected chi connectivity index (χ0v) is 14.9. The first-order chi connectivity index (χ1) is 12.1. The summed E-state index contributed by atoms with van der Waals surface area (Å²) in [6, 6.07) is 11.1. The van der Waals surface area contributed by atoms with E-state index in [9.17, 15) is 10.1 Å². The van der Waals surface area contributed by atoms with E-state index in [0.29, 0.717) is 10.8 Å². The highest BCUT2D eigenvalue weighted by Crippen LogP contribution is 2.23. The minimum absolute atomic E-state index is 0.0465. The van der Waals surface area contributed by atoms with Crippen molar-refractivity contribution < 1.29 is 4.79 Å². The monoisotopic (exact) mass is 354 g/mol. The molecule has 6 heteroatoms. The standard InChI is InChI=1S/C19H19ClN4O/c1-3-13-6-5-7-14(4-2)18(13)24-19(25)15(11-21)12-23-17-10-16(20)8-9-22-17/h5-10,12H,3-4H2,1-2H3,(H,22,23)(H,24,25)/b15-12-. The molecule has 2 aromatic rings. The predicted molar refractivity (Wildman–Crippen MR) is 100 cm³/mol. The van der Waals surface area contributed by atoms with Crippen LogP contribution >= 0.6 is 11.6 Å². The van der Waals surface area contributed by atoms with E-state index in [4.69, 9.17) is 11.6 Å². The Bertz CT molecular complexity index is 817. The van der Waals surface area contributed by atoms with Crippen molar-refractivity contribution in [3.05, 3.63) is 64.5 Å². The molecule has 128 valence electrons. The Morgan fingerprint density at radius 1 is 1.28 bits per heavy atom. The van der Waals surface area contributed by atoms with Crippen molar-refractivity contribution in [1.29, 1.82) is 5.26 Å². The molecule has 1 aromatic heterocycles. The number of pyridine rings is 1. The quantitative estimate of drug-likeness (QED) is 0.598. The molecular weight excluding hydrogens is 336 g/mol. The minimum atomic E-state index is -0.465. The first-order valence-electron chi connectivity index (χ1n) is 7.99. The van der Waals surface area contributed by atoms with E-state index in [1.165, 1.54) is 12.4 Å². The van der Waals surface area contributed by atoms with Crippen LogP contribution in [0.1, 0.15) is 25.0 Å². The third kappa shape index (κ3) is 4.82. The number of hydrogen-bond acceptors (Lipinski definition) is 4. The number of hydrogen-bond donors (Lipinski definition) is 2. The van der Waals surface area contributed by atoms with Crippen LogP contribution in [0.4, 0.5) is 11.5 Å². The van der Waals surface area contributed by atoms with Crippen LogP contribution in [-0.4, -0.2) is 10.9 Å². The topological polar surface area (TPSA) is 77.8 Å². The minimum Gasteiger partial charge on any atom is -0.345 e. The van der Waals surface area contributed by atoms with Gasteiger partial charge in [-0.25, -0.2) is 4.98 Å². The van der Waals surface area contributed by atoms with E-state index < -0.39 is 5.91 Å². The number of aromatic nitrogens is 1. The Hall–Kier alpha value is -2.84. The third-order valence-electron chi connectivity index (χ3n) is 3.69. The number of halogens is 1. The van der Waals surface area contributed by atoms with Crippen molar-refractivity contribution in [2.45, 2.75) is 26.7 Å². The maximum Gasteiger partial charge on any atom is 0.267 e. The molecule has 0 radical (unpaired) electrons. The van der Waals surface area contributed by atoms with Crippen LogP contribution in [-0.2, 0) is 17.6 Å². The van der Waals surface area contributed by atoms with Crippen LogP contribution in [0.15, 0.2) is 48.3 Å². The predicted octanol–water partition coefficient (Wildman–Crippen LogP) is 4.32. The molecular formula is C19H19ClN4O. The maximum absolute atomic E-state index is 12.5. The lowest BCUT2D eigenvalue weighted by Gasteiger charge is -2.14. The van der Waals surface area contributed by atoms with Gasteiger partial charge in [0, 0.05) is 23.1 Å². The van der Waals surface area contributed by atoms with E-state index in [-0.39, 0.29) is 5.57 Å². The number of amides is 1. The van der Waals surface area contributed by atoms with Gasteiger partial charge < -0.3 is 10.6 Å². The lowest BCUT2D eigenvalue weighted by Crippen LogP contribution is -2.17. The Balaban J connectivity index is 2.21. The zero-order chi connectivity index (χ0) is 18.2. The molecule has 0 unspecified atom stereocenters. The van der Waals surface area contributed by atoms with Crippen LogP contribution in [0.5, 0.6) is 0 Å². The van der Waals surface area contributed by atoms with E-state index in [1.807, 2.05) is 38.1 Å². The zero-order valence-electron chi connectivity index (χ0n) is 14.1. The molecule has 1 aromatic carbocycles. The maximum atomic E-state index is 12.5. The highest BCUT2D eigenvalue weighted by molar-refractivity contribution is 6.30. The van der Waals surface area contributed by atoms with Gasteiger partial charge in [0.2, 0.25) is 0 Å². The summed E-state index contributed by atoms with van der Waals surface area (Å²) in [6.07, 6.45) is 4.45. The molecule has 2 N–H and O–H groups in total. The summed E-state index contributed by atoms with van der Waals surface area (Å²) in [5.74, 6) is -0.0103. The largest absolute Gasteiger partial charge is 0.345 e. The smallest absolute Gasteiger partial charge is 0.267 e. The molecule has 0 atom stereocenters. The molecule has 2 rings (SSSR count). The van der Waals surface area contributed by atoms with Crippen molar-refractivity contribution in [2.24, 2.45) is 0 Å². The highest BCUT2D eigenvalue weighted by atomic mass is 35.5. The number of benzene rings is 1. The summed E-state index contributed by atoms with van der Waals surface area (Å²) in [5.41, 5.74) is 2.80. The Morgan fingerprint density at radius 2 is 1.96 bits per heavy atom. The number of aryl methyl sites for hydroxylation is 2. The number of anilines is 2.